The lowest BCUT2D eigenvalue weighted by molar-refractivity contribution is 0.0697. The molecular weight excluding hydrogens is 234 g/mol. The number of carboxylic acids is 1. The summed E-state index contributed by atoms with van der Waals surface area (Å²) in [5.41, 5.74) is 2.23. The van der Waals surface area contributed by atoms with Crippen LogP contribution in [0.25, 0.3) is 0 Å². The van der Waals surface area contributed by atoms with Gasteiger partial charge in [-0.15, -0.1) is 11.3 Å². The minimum atomic E-state index is -0.899. The van der Waals surface area contributed by atoms with E-state index in [1.807, 2.05) is 30.5 Å². The van der Waals surface area contributed by atoms with Crippen LogP contribution >= 0.6 is 11.3 Å². The Kier molecular flexibility index (Phi) is 3.44. The zero-order valence-electron chi connectivity index (χ0n) is 9.43. The van der Waals surface area contributed by atoms with Gasteiger partial charge in [0.05, 0.1) is 5.56 Å². The molecule has 4 heteroatoms. The van der Waals surface area contributed by atoms with Gasteiger partial charge in [-0.2, -0.15) is 0 Å². The van der Waals surface area contributed by atoms with E-state index in [9.17, 15) is 4.79 Å². The van der Waals surface area contributed by atoms with Crippen molar-refractivity contribution in [3.8, 4) is 0 Å². The van der Waals surface area contributed by atoms with Gasteiger partial charge in [0, 0.05) is 17.1 Å². The number of hydrogen-bond donors (Lipinski definition) is 2. The van der Waals surface area contributed by atoms with Crippen LogP contribution in [0.3, 0.4) is 0 Å². The first-order chi connectivity index (χ1) is 8.16. The molecule has 0 radical (unpaired) electrons. The maximum Gasteiger partial charge on any atom is 0.335 e. The molecule has 0 aliphatic rings. The maximum atomic E-state index is 10.9. The third-order valence-electron chi connectivity index (χ3n) is 2.52. The van der Waals surface area contributed by atoms with E-state index in [0.717, 1.165) is 17.8 Å². The third-order valence-corrected chi connectivity index (χ3v) is 3.39. The van der Waals surface area contributed by atoms with Gasteiger partial charge in [-0.1, -0.05) is 12.1 Å². The topological polar surface area (TPSA) is 49.3 Å². The van der Waals surface area contributed by atoms with Crippen LogP contribution < -0.4 is 5.32 Å². The smallest absolute Gasteiger partial charge is 0.335 e. The molecule has 0 amide bonds. The van der Waals surface area contributed by atoms with Gasteiger partial charge in [-0.25, -0.2) is 4.79 Å². The zero-order chi connectivity index (χ0) is 12.3. The quantitative estimate of drug-likeness (QED) is 0.871. The number of nitrogens with one attached hydrogen (secondary N) is 1. The fourth-order valence-electron chi connectivity index (χ4n) is 1.54. The predicted octanol–water partition coefficient (Wildman–Crippen LogP) is 3.37. The summed E-state index contributed by atoms with van der Waals surface area (Å²) in [6.45, 7) is 2.68. The van der Waals surface area contributed by atoms with Crippen LogP contribution in [0.2, 0.25) is 0 Å². The number of aromatic carboxylic acids is 1. The van der Waals surface area contributed by atoms with E-state index in [4.69, 9.17) is 5.11 Å². The largest absolute Gasteiger partial charge is 0.478 e. The second-order valence-corrected chi connectivity index (χ2v) is 4.80. The van der Waals surface area contributed by atoms with Gasteiger partial charge < -0.3 is 10.4 Å². The lowest BCUT2D eigenvalue weighted by atomic mass is 10.1. The number of anilines is 1. The molecule has 0 saturated carbocycles. The molecule has 88 valence electrons. The van der Waals surface area contributed by atoms with Crippen LogP contribution in [0.5, 0.6) is 0 Å². The Morgan fingerprint density at radius 1 is 1.41 bits per heavy atom. The normalized spacial score (nSPS) is 10.2. The highest BCUT2D eigenvalue weighted by Gasteiger charge is 2.05. The Morgan fingerprint density at radius 2 is 2.24 bits per heavy atom. The summed E-state index contributed by atoms with van der Waals surface area (Å²) in [6.07, 6.45) is 0. The molecule has 2 rings (SSSR count). The second-order valence-electron chi connectivity index (χ2n) is 3.77. The number of aryl methyl sites for hydroxylation is 1. The van der Waals surface area contributed by atoms with Crippen molar-refractivity contribution in [2.75, 3.05) is 5.32 Å². The molecular formula is C13H13NO2S. The highest BCUT2D eigenvalue weighted by molar-refractivity contribution is 7.09. The van der Waals surface area contributed by atoms with E-state index < -0.39 is 5.97 Å². The van der Waals surface area contributed by atoms with Gasteiger partial charge >= 0.3 is 5.97 Å². The van der Waals surface area contributed by atoms with E-state index in [-0.39, 0.29) is 0 Å². The molecule has 0 unspecified atom stereocenters. The standard InChI is InChI=1S/C13H13NO2S/c1-9-4-5-10(13(15)16)7-12(9)14-8-11-3-2-6-17-11/h2-7,14H,8H2,1H3,(H,15,16). The summed E-state index contributed by atoms with van der Waals surface area (Å²) in [4.78, 5) is 12.1. The monoisotopic (exact) mass is 247 g/mol. The van der Waals surface area contributed by atoms with E-state index in [2.05, 4.69) is 5.32 Å². The Bertz CT molecular complexity index is 520. The molecule has 3 nitrogen and oxygen atoms in total. The number of hydrogen-bond acceptors (Lipinski definition) is 3. The van der Waals surface area contributed by atoms with Crippen LogP contribution in [0.4, 0.5) is 5.69 Å². The van der Waals surface area contributed by atoms with E-state index in [1.54, 1.807) is 23.5 Å². The maximum absolute atomic E-state index is 10.9. The van der Waals surface area contributed by atoms with Crippen molar-refractivity contribution >= 4 is 23.0 Å². The fourth-order valence-corrected chi connectivity index (χ4v) is 2.19. The van der Waals surface area contributed by atoms with E-state index in [1.165, 1.54) is 4.88 Å². The summed E-state index contributed by atoms with van der Waals surface area (Å²) in [5.74, 6) is -0.899. The highest BCUT2D eigenvalue weighted by Crippen LogP contribution is 2.19. The first-order valence-electron chi connectivity index (χ1n) is 5.27. The average Bonchev–Trinajstić information content (AvgIpc) is 2.80. The first kappa shape index (κ1) is 11.7. The minimum Gasteiger partial charge on any atom is -0.478 e. The molecule has 0 aliphatic heterocycles. The van der Waals surface area contributed by atoms with Crippen LogP contribution in [0.1, 0.15) is 20.8 Å². The Morgan fingerprint density at radius 3 is 2.88 bits per heavy atom. The van der Waals surface area contributed by atoms with Crippen molar-refractivity contribution in [1.82, 2.24) is 0 Å². The second kappa shape index (κ2) is 5.01. The Labute approximate surface area is 104 Å². The van der Waals surface area contributed by atoms with Crippen LogP contribution in [0, 0.1) is 6.92 Å². The Balaban J connectivity index is 2.14. The molecule has 17 heavy (non-hydrogen) atoms. The van der Waals surface area contributed by atoms with Crippen molar-refractivity contribution in [3.63, 3.8) is 0 Å². The SMILES string of the molecule is Cc1ccc(C(=O)O)cc1NCc1cccs1. The molecule has 0 atom stereocenters. The van der Waals surface area contributed by atoms with Crippen molar-refractivity contribution in [2.24, 2.45) is 0 Å². The van der Waals surface area contributed by atoms with Gasteiger partial charge in [0.15, 0.2) is 0 Å². The molecule has 1 heterocycles. The van der Waals surface area contributed by atoms with Crippen molar-refractivity contribution in [3.05, 3.63) is 51.7 Å². The Hall–Kier alpha value is -1.81. The summed E-state index contributed by atoms with van der Waals surface area (Å²) in [5, 5.41) is 14.2. The molecule has 0 saturated heterocycles. The van der Waals surface area contributed by atoms with Crippen LogP contribution in [-0.4, -0.2) is 11.1 Å². The molecule has 0 bridgehead atoms. The summed E-state index contributed by atoms with van der Waals surface area (Å²) >= 11 is 1.68. The lowest BCUT2D eigenvalue weighted by Crippen LogP contribution is -2.02. The minimum absolute atomic E-state index is 0.310. The van der Waals surface area contributed by atoms with Gasteiger partial charge in [-0.3, -0.25) is 0 Å². The van der Waals surface area contributed by atoms with Crippen molar-refractivity contribution in [2.45, 2.75) is 13.5 Å². The molecule has 2 aromatic rings. The number of carbonyl (C=O) groups is 1. The third kappa shape index (κ3) is 2.85. The highest BCUT2D eigenvalue weighted by atomic mass is 32.1. The molecule has 1 aromatic carbocycles. The summed E-state index contributed by atoms with van der Waals surface area (Å²) in [6, 6.07) is 9.16. The van der Waals surface area contributed by atoms with Gasteiger partial charge in [0.25, 0.3) is 0 Å². The van der Waals surface area contributed by atoms with Crippen molar-refractivity contribution < 1.29 is 9.90 Å². The molecule has 0 aliphatic carbocycles. The summed E-state index contributed by atoms with van der Waals surface area (Å²) < 4.78 is 0. The predicted molar refractivity (Wildman–Crippen MR) is 69.8 cm³/mol. The number of thiophene rings is 1. The molecule has 0 spiro atoms. The number of benzene rings is 1. The van der Waals surface area contributed by atoms with Gasteiger partial charge in [-0.05, 0) is 36.1 Å². The van der Waals surface area contributed by atoms with Gasteiger partial charge in [0.2, 0.25) is 0 Å². The lowest BCUT2D eigenvalue weighted by Gasteiger charge is -2.09. The number of carboxylic acid groups (broad SMARTS) is 1. The van der Waals surface area contributed by atoms with Crippen LogP contribution in [-0.2, 0) is 6.54 Å². The molecule has 1 aromatic heterocycles. The van der Waals surface area contributed by atoms with Gasteiger partial charge in [0.1, 0.15) is 0 Å². The zero-order valence-corrected chi connectivity index (χ0v) is 10.3. The number of rotatable bonds is 4. The molecule has 0 fully saturated rings. The summed E-state index contributed by atoms with van der Waals surface area (Å²) in [7, 11) is 0. The van der Waals surface area contributed by atoms with E-state index in [0.29, 0.717) is 5.56 Å². The van der Waals surface area contributed by atoms with Crippen LogP contribution in [0.15, 0.2) is 35.7 Å². The van der Waals surface area contributed by atoms with E-state index >= 15 is 0 Å². The average molecular weight is 247 g/mol. The van der Waals surface area contributed by atoms with Crippen molar-refractivity contribution in [1.29, 1.82) is 0 Å². The molecule has 2 N–H and O–H groups in total. The fraction of sp³-hybridized carbons (Fsp3) is 0.154. The first-order valence-corrected chi connectivity index (χ1v) is 6.15.